The zero-order valence-corrected chi connectivity index (χ0v) is 15.0. The van der Waals surface area contributed by atoms with Crippen LogP contribution >= 0.6 is 0 Å². The summed E-state index contributed by atoms with van der Waals surface area (Å²) in [6, 6.07) is 10.4. The zero-order valence-electron chi connectivity index (χ0n) is 14.2. The van der Waals surface area contributed by atoms with Crippen molar-refractivity contribution in [1.82, 2.24) is 9.29 Å². The summed E-state index contributed by atoms with van der Waals surface area (Å²) in [5.41, 5.74) is 8.88. The van der Waals surface area contributed by atoms with Crippen LogP contribution in [0.1, 0.15) is 24.9 Å². The number of nitrogens with zero attached hydrogens (tertiary/aromatic N) is 1. The molecule has 1 aliphatic heterocycles. The van der Waals surface area contributed by atoms with Crippen molar-refractivity contribution in [3.63, 3.8) is 0 Å². The van der Waals surface area contributed by atoms with Gasteiger partial charge < -0.3 is 10.7 Å². The summed E-state index contributed by atoms with van der Waals surface area (Å²) < 4.78 is 27.9. The maximum Gasteiger partial charge on any atom is 0.218 e. The van der Waals surface area contributed by atoms with E-state index in [2.05, 4.69) is 4.98 Å². The molecule has 3 aromatic rings. The lowest BCUT2D eigenvalue weighted by molar-refractivity contribution is -0.118. The Balaban J connectivity index is 1.72. The van der Waals surface area contributed by atoms with Crippen LogP contribution in [0.2, 0.25) is 0 Å². The minimum absolute atomic E-state index is 0.0761. The highest BCUT2D eigenvalue weighted by Crippen LogP contribution is 2.40. The Bertz CT molecular complexity index is 1050. The van der Waals surface area contributed by atoms with Crippen molar-refractivity contribution in [3.05, 3.63) is 54.0 Å². The van der Waals surface area contributed by atoms with Crippen LogP contribution in [0.25, 0.3) is 22.0 Å². The van der Waals surface area contributed by atoms with Crippen LogP contribution in [0.5, 0.6) is 0 Å². The first-order valence-corrected chi connectivity index (χ1v) is 9.44. The van der Waals surface area contributed by atoms with Gasteiger partial charge in [0, 0.05) is 41.7 Å². The third-order valence-corrected chi connectivity index (χ3v) is 6.50. The highest BCUT2D eigenvalue weighted by molar-refractivity contribution is 7.83. The van der Waals surface area contributed by atoms with E-state index in [-0.39, 0.29) is 18.3 Å². The molecule has 1 amide bonds. The number of hydrogen-bond donors (Lipinski definition) is 2. The Morgan fingerprint density at radius 1 is 1.31 bits per heavy atom. The Morgan fingerprint density at radius 2 is 2.12 bits per heavy atom. The molecule has 3 N–H and O–H groups in total. The molecule has 1 aliphatic rings. The summed E-state index contributed by atoms with van der Waals surface area (Å²) in [6.07, 6.45) is 2.03. The van der Waals surface area contributed by atoms with Gasteiger partial charge in [-0.1, -0.05) is 6.07 Å². The van der Waals surface area contributed by atoms with Crippen molar-refractivity contribution in [2.75, 3.05) is 6.54 Å². The molecule has 0 fully saturated rings. The van der Waals surface area contributed by atoms with E-state index in [1.54, 1.807) is 10.4 Å². The smallest absolute Gasteiger partial charge is 0.218 e. The van der Waals surface area contributed by atoms with E-state index in [1.165, 1.54) is 12.1 Å². The maximum absolute atomic E-state index is 13.4. The average molecular weight is 371 g/mol. The quantitative estimate of drug-likeness (QED) is 0.738. The highest BCUT2D eigenvalue weighted by Gasteiger charge is 2.33. The van der Waals surface area contributed by atoms with E-state index < -0.39 is 16.9 Å². The number of aromatic nitrogens is 1. The number of halogens is 1. The number of carbonyl (C=O) groups excluding carboxylic acids is 1. The fourth-order valence-electron chi connectivity index (χ4n) is 3.46. The van der Waals surface area contributed by atoms with Crippen LogP contribution in [0, 0.1) is 5.82 Å². The van der Waals surface area contributed by atoms with Crippen molar-refractivity contribution in [1.29, 1.82) is 0 Å². The van der Waals surface area contributed by atoms with Gasteiger partial charge in [-0.15, -0.1) is 0 Å². The molecule has 7 heteroatoms. The third-order valence-electron chi connectivity index (χ3n) is 4.83. The number of fused-ring (bicyclic) bond motifs is 2. The molecule has 0 radical (unpaired) electrons. The first-order valence-electron chi connectivity index (χ1n) is 8.33. The van der Waals surface area contributed by atoms with E-state index >= 15 is 0 Å². The van der Waals surface area contributed by atoms with Crippen molar-refractivity contribution in [2.45, 2.75) is 24.3 Å². The summed E-state index contributed by atoms with van der Waals surface area (Å²) in [5, 5.41) is 0.934. The predicted octanol–water partition coefficient (Wildman–Crippen LogP) is 3.25. The summed E-state index contributed by atoms with van der Waals surface area (Å²) in [6.45, 7) is 2.33. The molecule has 2 unspecified atom stereocenters. The van der Waals surface area contributed by atoms with Crippen molar-refractivity contribution < 1.29 is 13.4 Å². The third kappa shape index (κ3) is 2.73. The number of benzene rings is 2. The fourth-order valence-corrected chi connectivity index (χ4v) is 4.99. The fraction of sp³-hybridized carbons (Fsp3) is 0.211. The average Bonchev–Trinajstić information content (AvgIpc) is 3.12. The van der Waals surface area contributed by atoms with Gasteiger partial charge in [0.1, 0.15) is 16.8 Å². The predicted molar refractivity (Wildman–Crippen MR) is 99.0 cm³/mol. The van der Waals surface area contributed by atoms with Crippen LogP contribution < -0.4 is 5.73 Å². The lowest BCUT2D eigenvalue weighted by Gasteiger charge is -2.18. The second-order valence-electron chi connectivity index (χ2n) is 6.43. The van der Waals surface area contributed by atoms with Crippen LogP contribution in [-0.4, -0.2) is 26.0 Å². The molecule has 5 nitrogen and oxygen atoms in total. The second kappa shape index (κ2) is 6.34. The first kappa shape index (κ1) is 16.9. The molecular formula is C19H18FN3O2S. The number of amides is 1. The van der Waals surface area contributed by atoms with Gasteiger partial charge in [-0.25, -0.2) is 12.9 Å². The zero-order chi connectivity index (χ0) is 18.4. The molecule has 0 saturated heterocycles. The molecule has 0 saturated carbocycles. The summed E-state index contributed by atoms with van der Waals surface area (Å²) in [4.78, 5) is 14.9. The molecule has 0 aliphatic carbocycles. The van der Waals surface area contributed by atoms with E-state index in [4.69, 9.17) is 5.73 Å². The van der Waals surface area contributed by atoms with Crippen molar-refractivity contribution >= 4 is 27.8 Å². The monoisotopic (exact) mass is 371 g/mol. The minimum Gasteiger partial charge on any atom is -0.370 e. The summed E-state index contributed by atoms with van der Waals surface area (Å²) >= 11 is 0. The lowest BCUT2D eigenvalue weighted by atomic mass is 9.99. The highest BCUT2D eigenvalue weighted by atomic mass is 32.2. The number of rotatable bonds is 4. The number of hydrogen-bond acceptors (Lipinski definition) is 2. The van der Waals surface area contributed by atoms with Gasteiger partial charge in [0.05, 0.1) is 4.90 Å². The van der Waals surface area contributed by atoms with E-state index in [0.29, 0.717) is 6.54 Å². The number of aromatic amines is 1. The van der Waals surface area contributed by atoms with Gasteiger partial charge in [-0.3, -0.25) is 4.79 Å². The molecule has 0 bridgehead atoms. The molecule has 26 heavy (non-hydrogen) atoms. The topological polar surface area (TPSA) is 79.2 Å². The van der Waals surface area contributed by atoms with Crippen LogP contribution in [0.4, 0.5) is 4.39 Å². The van der Waals surface area contributed by atoms with E-state index in [9.17, 15) is 13.4 Å². The van der Waals surface area contributed by atoms with Crippen molar-refractivity contribution in [2.24, 2.45) is 5.73 Å². The molecule has 1 aromatic heterocycles. The van der Waals surface area contributed by atoms with Gasteiger partial charge in [0.2, 0.25) is 5.91 Å². The van der Waals surface area contributed by atoms with Gasteiger partial charge in [0.15, 0.2) is 0 Å². The van der Waals surface area contributed by atoms with Gasteiger partial charge in [0.25, 0.3) is 0 Å². The minimum atomic E-state index is -1.30. The molecule has 4 rings (SSSR count). The Morgan fingerprint density at radius 3 is 2.88 bits per heavy atom. The second-order valence-corrected chi connectivity index (χ2v) is 7.83. The molecule has 0 spiro atoms. The molecule has 134 valence electrons. The summed E-state index contributed by atoms with van der Waals surface area (Å²) in [7, 11) is -1.30. The standard InChI is InChI=1S/C19H18FN3O2S/c1-11-15-8-12(16-10-22-17-9-13(20)3-4-14(16)17)2-5-18(15)26(25)23(11)7-6-19(21)24/h2-5,8-11,22H,6-7H2,1H3,(H2,21,24). The van der Waals surface area contributed by atoms with Crippen LogP contribution in [0.15, 0.2) is 47.5 Å². The molecular weight excluding hydrogens is 353 g/mol. The van der Waals surface area contributed by atoms with Crippen LogP contribution in [-0.2, 0) is 15.8 Å². The van der Waals surface area contributed by atoms with Gasteiger partial charge in [-0.05, 0) is 48.4 Å². The van der Waals surface area contributed by atoms with E-state index in [1.807, 2.05) is 31.3 Å². The van der Waals surface area contributed by atoms with Crippen molar-refractivity contribution in [3.8, 4) is 11.1 Å². The summed E-state index contributed by atoms with van der Waals surface area (Å²) in [5.74, 6) is -0.689. The first-order chi connectivity index (χ1) is 12.5. The Labute approximate surface area is 152 Å². The van der Waals surface area contributed by atoms with Gasteiger partial charge in [-0.2, -0.15) is 0 Å². The maximum atomic E-state index is 13.4. The Hall–Kier alpha value is -2.51. The number of H-pyrrole nitrogens is 1. The normalized spacial score (nSPS) is 19.8. The lowest BCUT2D eigenvalue weighted by Crippen LogP contribution is -2.27. The Kier molecular flexibility index (Phi) is 4.13. The molecule has 2 heterocycles. The number of nitrogens with one attached hydrogen (secondary N) is 1. The molecule has 2 atom stereocenters. The van der Waals surface area contributed by atoms with E-state index in [0.717, 1.165) is 32.5 Å². The SMILES string of the molecule is CC1c2cc(-c3c[nH]c4cc(F)ccc34)ccc2S(=O)N1CCC(N)=O. The number of primary amides is 1. The number of nitrogens with two attached hydrogens (primary N) is 1. The van der Waals surface area contributed by atoms with Gasteiger partial charge >= 0.3 is 0 Å². The largest absolute Gasteiger partial charge is 0.370 e. The number of carbonyl (C=O) groups is 1. The van der Waals surface area contributed by atoms with Crippen LogP contribution in [0.3, 0.4) is 0 Å². The molecule has 2 aromatic carbocycles.